The molecule has 2 rings (SSSR count). The molecule has 0 atom stereocenters. The van der Waals surface area contributed by atoms with Crippen molar-refractivity contribution in [1.29, 1.82) is 0 Å². The van der Waals surface area contributed by atoms with Gasteiger partial charge in [0.25, 0.3) is 5.91 Å². The average molecular weight is 265 g/mol. The lowest BCUT2D eigenvalue weighted by Crippen LogP contribution is -2.43. The molecule has 0 unspecified atom stereocenters. The van der Waals surface area contributed by atoms with E-state index in [1.54, 1.807) is 4.90 Å². The number of carbonyl (C=O) groups excluding carboxylic acids is 1. The monoisotopic (exact) mass is 265 g/mol. The number of halogens is 1. The summed E-state index contributed by atoms with van der Waals surface area (Å²) < 4.78 is 13.9. The Morgan fingerprint density at radius 2 is 2.05 bits per heavy atom. The summed E-state index contributed by atoms with van der Waals surface area (Å²) in [5.74, 6) is -2.37. The van der Waals surface area contributed by atoms with Gasteiger partial charge >= 0.3 is 5.97 Å². The van der Waals surface area contributed by atoms with Gasteiger partial charge in [-0.25, -0.2) is 9.18 Å². The molecule has 0 saturated carbocycles. The summed E-state index contributed by atoms with van der Waals surface area (Å²) in [7, 11) is 0. The maximum Gasteiger partial charge on any atom is 0.335 e. The van der Waals surface area contributed by atoms with Gasteiger partial charge in [0.05, 0.1) is 11.1 Å². The molecule has 0 spiro atoms. The third-order valence-corrected chi connectivity index (χ3v) is 3.59. The maximum atomic E-state index is 13.9. The standard InChI is InChI=1S/C14H16FNO3/c1-14(2)6-3-7-16(14)12(17)10-5-4-9(13(18)19)8-11(10)15/h4-5,8H,3,6-7H2,1-2H3,(H,18,19). The molecule has 19 heavy (non-hydrogen) atoms. The van der Waals surface area contributed by atoms with E-state index in [1.165, 1.54) is 12.1 Å². The molecule has 0 radical (unpaired) electrons. The van der Waals surface area contributed by atoms with E-state index in [9.17, 15) is 14.0 Å². The molecule has 1 aliphatic rings. The molecule has 1 aliphatic heterocycles. The summed E-state index contributed by atoms with van der Waals surface area (Å²) in [4.78, 5) is 24.7. The third kappa shape index (κ3) is 2.45. The van der Waals surface area contributed by atoms with E-state index >= 15 is 0 Å². The summed E-state index contributed by atoms with van der Waals surface area (Å²) in [6.45, 7) is 4.49. The van der Waals surface area contributed by atoms with Crippen molar-refractivity contribution in [1.82, 2.24) is 4.90 Å². The minimum absolute atomic E-state index is 0.0695. The first kappa shape index (κ1) is 13.5. The summed E-state index contributed by atoms with van der Waals surface area (Å²) in [6.07, 6.45) is 1.78. The van der Waals surface area contributed by atoms with Crippen LogP contribution in [0.5, 0.6) is 0 Å². The highest BCUT2D eigenvalue weighted by Gasteiger charge is 2.36. The number of aromatic carboxylic acids is 1. The number of likely N-dealkylation sites (tertiary alicyclic amines) is 1. The molecule has 0 bridgehead atoms. The Labute approximate surface area is 110 Å². The Balaban J connectivity index is 2.32. The lowest BCUT2D eigenvalue weighted by molar-refractivity contribution is 0.0642. The van der Waals surface area contributed by atoms with Crippen molar-refractivity contribution in [3.05, 3.63) is 35.1 Å². The number of amides is 1. The molecule has 102 valence electrons. The van der Waals surface area contributed by atoms with Gasteiger partial charge in [0.2, 0.25) is 0 Å². The molecule has 0 aliphatic carbocycles. The molecule has 1 aromatic carbocycles. The zero-order chi connectivity index (χ0) is 14.2. The summed E-state index contributed by atoms with van der Waals surface area (Å²) >= 11 is 0. The second-order valence-corrected chi connectivity index (χ2v) is 5.37. The minimum Gasteiger partial charge on any atom is -0.478 e. The number of hydrogen-bond donors (Lipinski definition) is 1. The summed E-state index contributed by atoms with van der Waals surface area (Å²) in [6, 6.07) is 3.38. The van der Waals surface area contributed by atoms with Gasteiger partial charge in [0.15, 0.2) is 0 Å². The van der Waals surface area contributed by atoms with Crippen LogP contribution >= 0.6 is 0 Å². The number of carboxylic acids is 1. The molecular weight excluding hydrogens is 249 g/mol. The van der Waals surface area contributed by atoms with E-state index < -0.39 is 11.8 Å². The Morgan fingerprint density at radius 1 is 1.37 bits per heavy atom. The van der Waals surface area contributed by atoms with Crippen LogP contribution in [0.15, 0.2) is 18.2 Å². The fourth-order valence-corrected chi connectivity index (χ4v) is 2.45. The number of nitrogens with zero attached hydrogens (tertiary/aromatic N) is 1. The van der Waals surface area contributed by atoms with Crippen LogP contribution in [0.4, 0.5) is 4.39 Å². The molecular formula is C14H16FNO3. The van der Waals surface area contributed by atoms with E-state index in [1.807, 2.05) is 13.8 Å². The first-order valence-corrected chi connectivity index (χ1v) is 6.18. The summed E-state index contributed by atoms with van der Waals surface area (Å²) in [5.41, 5.74) is -0.510. The topological polar surface area (TPSA) is 57.6 Å². The number of hydrogen-bond acceptors (Lipinski definition) is 2. The largest absolute Gasteiger partial charge is 0.478 e. The van der Waals surface area contributed by atoms with Crippen LogP contribution in [0.25, 0.3) is 0 Å². The lowest BCUT2D eigenvalue weighted by Gasteiger charge is -2.31. The van der Waals surface area contributed by atoms with Crippen LogP contribution in [0, 0.1) is 5.82 Å². The number of carboxylic acid groups (broad SMARTS) is 1. The van der Waals surface area contributed by atoms with Crippen molar-refractivity contribution in [2.45, 2.75) is 32.2 Å². The van der Waals surface area contributed by atoms with E-state index in [2.05, 4.69) is 0 Å². The predicted octanol–water partition coefficient (Wildman–Crippen LogP) is 2.54. The Morgan fingerprint density at radius 3 is 2.53 bits per heavy atom. The predicted molar refractivity (Wildman–Crippen MR) is 67.7 cm³/mol. The highest BCUT2D eigenvalue weighted by molar-refractivity contribution is 5.96. The smallest absolute Gasteiger partial charge is 0.335 e. The zero-order valence-corrected chi connectivity index (χ0v) is 10.9. The molecule has 4 nitrogen and oxygen atoms in total. The maximum absolute atomic E-state index is 13.9. The van der Waals surface area contributed by atoms with Gasteiger partial charge in [-0.1, -0.05) is 0 Å². The molecule has 1 amide bonds. The molecule has 1 fully saturated rings. The van der Waals surface area contributed by atoms with Crippen LogP contribution < -0.4 is 0 Å². The fraction of sp³-hybridized carbons (Fsp3) is 0.429. The SMILES string of the molecule is CC1(C)CCCN1C(=O)c1ccc(C(=O)O)cc1F. The fourth-order valence-electron chi connectivity index (χ4n) is 2.45. The van der Waals surface area contributed by atoms with Gasteiger partial charge < -0.3 is 10.0 Å². The molecule has 0 aromatic heterocycles. The minimum atomic E-state index is -1.21. The second-order valence-electron chi connectivity index (χ2n) is 5.37. The van der Waals surface area contributed by atoms with Crippen LogP contribution in [0.3, 0.4) is 0 Å². The first-order chi connectivity index (χ1) is 8.83. The van der Waals surface area contributed by atoms with Crippen molar-refractivity contribution >= 4 is 11.9 Å². The number of benzene rings is 1. The van der Waals surface area contributed by atoms with Gasteiger partial charge in [0.1, 0.15) is 5.82 Å². The Hall–Kier alpha value is -1.91. The molecule has 1 heterocycles. The van der Waals surface area contributed by atoms with Crippen LogP contribution in [-0.2, 0) is 0 Å². The van der Waals surface area contributed by atoms with E-state index in [0.717, 1.165) is 18.9 Å². The molecule has 5 heteroatoms. The Kier molecular flexibility index (Phi) is 3.30. The number of carbonyl (C=O) groups is 2. The van der Waals surface area contributed by atoms with Gasteiger partial charge in [0, 0.05) is 12.1 Å². The normalized spacial score (nSPS) is 17.5. The van der Waals surface area contributed by atoms with Crippen molar-refractivity contribution in [2.75, 3.05) is 6.54 Å². The van der Waals surface area contributed by atoms with Crippen molar-refractivity contribution in [3.8, 4) is 0 Å². The van der Waals surface area contributed by atoms with Gasteiger partial charge in [-0.15, -0.1) is 0 Å². The van der Waals surface area contributed by atoms with Crippen LogP contribution in [0.1, 0.15) is 47.4 Å². The highest BCUT2D eigenvalue weighted by Crippen LogP contribution is 2.30. The van der Waals surface area contributed by atoms with E-state index in [4.69, 9.17) is 5.11 Å². The van der Waals surface area contributed by atoms with Crippen molar-refractivity contribution < 1.29 is 19.1 Å². The highest BCUT2D eigenvalue weighted by atomic mass is 19.1. The third-order valence-electron chi connectivity index (χ3n) is 3.59. The molecule has 1 N–H and O–H groups in total. The van der Waals surface area contributed by atoms with Crippen LogP contribution in [0.2, 0.25) is 0 Å². The lowest BCUT2D eigenvalue weighted by atomic mass is 10.0. The van der Waals surface area contributed by atoms with E-state index in [-0.39, 0.29) is 22.6 Å². The van der Waals surface area contributed by atoms with Gasteiger partial charge in [-0.05, 0) is 44.9 Å². The van der Waals surface area contributed by atoms with Crippen molar-refractivity contribution in [3.63, 3.8) is 0 Å². The molecule has 1 saturated heterocycles. The zero-order valence-electron chi connectivity index (χ0n) is 10.9. The van der Waals surface area contributed by atoms with Gasteiger partial charge in [-0.2, -0.15) is 0 Å². The quantitative estimate of drug-likeness (QED) is 0.894. The summed E-state index contributed by atoms with van der Waals surface area (Å²) in [5, 5.41) is 8.77. The van der Waals surface area contributed by atoms with Crippen molar-refractivity contribution in [2.24, 2.45) is 0 Å². The van der Waals surface area contributed by atoms with E-state index in [0.29, 0.717) is 6.54 Å². The molecule has 1 aromatic rings. The number of rotatable bonds is 2. The van der Waals surface area contributed by atoms with Gasteiger partial charge in [-0.3, -0.25) is 4.79 Å². The first-order valence-electron chi connectivity index (χ1n) is 6.18. The average Bonchev–Trinajstić information content (AvgIpc) is 2.67. The second kappa shape index (κ2) is 4.64. The van der Waals surface area contributed by atoms with Crippen LogP contribution in [-0.4, -0.2) is 34.0 Å². The Bertz CT molecular complexity index is 539.